The van der Waals surface area contributed by atoms with Crippen LogP contribution in [-0.2, 0) is 4.74 Å². The fraction of sp³-hybridized carbons (Fsp3) is 0.400. The molecular formula is C10H13ClF3N3O2. The number of amides is 1. The third kappa shape index (κ3) is 7.47. The van der Waals surface area contributed by atoms with Gasteiger partial charge in [0.25, 0.3) is 5.91 Å². The minimum Gasteiger partial charge on any atom is -0.397 e. The summed E-state index contributed by atoms with van der Waals surface area (Å²) in [6.45, 7) is -1.58. The molecule has 0 aliphatic carbocycles. The average Bonchev–Trinajstić information content (AvgIpc) is 2.27. The molecule has 0 fully saturated rings. The zero-order valence-corrected chi connectivity index (χ0v) is 10.6. The predicted octanol–water partition coefficient (Wildman–Crippen LogP) is 1.39. The molecule has 9 heteroatoms. The highest BCUT2D eigenvalue weighted by atomic mass is 35.5. The van der Waals surface area contributed by atoms with Crippen LogP contribution in [0.1, 0.15) is 10.5 Å². The smallest absolute Gasteiger partial charge is 0.397 e. The van der Waals surface area contributed by atoms with E-state index in [0.717, 1.165) is 0 Å². The number of ether oxygens (including phenoxy) is 1. The maximum absolute atomic E-state index is 11.7. The van der Waals surface area contributed by atoms with Crippen molar-refractivity contribution in [3.05, 3.63) is 24.0 Å². The van der Waals surface area contributed by atoms with E-state index in [0.29, 0.717) is 5.69 Å². The van der Waals surface area contributed by atoms with Crippen molar-refractivity contribution in [2.75, 3.05) is 25.5 Å². The van der Waals surface area contributed by atoms with Gasteiger partial charge in [-0.2, -0.15) is 13.2 Å². The summed E-state index contributed by atoms with van der Waals surface area (Å²) in [4.78, 5) is 15.2. The number of nitrogen functional groups attached to an aromatic ring is 1. The van der Waals surface area contributed by atoms with E-state index in [1.165, 1.54) is 18.3 Å². The van der Waals surface area contributed by atoms with E-state index in [4.69, 9.17) is 5.73 Å². The third-order valence-electron chi connectivity index (χ3n) is 1.82. The molecule has 0 unspecified atom stereocenters. The summed E-state index contributed by atoms with van der Waals surface area (Å²) >= 11 is 0. The molecule has 0 atom stereocenters. The van der Waals surface area contributed by atoms with E-state index in [1.54, 1.807) is 0 Å². The Morgan fingerprint density at radius 2 is 2.11 bits per heavy atom. The molecule has 1 amide bonds. The van der Waals surface area contributed by atoms with E-state index in [9.17, 15) is 18.0 Å². The number of hydrogen-bond acceptors (Lipinski definition) is 4. The van der Waals surface area contributed by atoms with E-state index < -0.39 is 18.7 Å². The molecule has 19 heavy (non-hydrogen) atoms. The van der Waals surface area contributed by atoms with E-state index in [-0.39, 0.29) is 31.3 Å². The second-order valence-corrected chi connectivity index (χ2v) is 3.40. The first-order chi connectivity index (χ1) is 8.38. The number of alkyl halides is 3. The summed E-state index contributed by atoms with van der Waals surface area (Å²) in [7, 11) is 0. The highest BCUT2D eigenvalue weighted by Gasteiger charge is 2.27. The van der Waals surface area contributed by atoms with Crippen molar-refractivity contribution in [2.45, 2.75) is 6.18 Å². The monoisotopic (exact) mass is 299 g/mol. The third-order valence-corrected chi connectivity index (χ3v) is 1.82. The van der Waals surface area contributed by atoms with Gasteiger partial charge in [0.2, 0.25) is 0 Å². The van der Waals surface area contributed by atoms with Gasteiger partial charge in [-0.05, 0) is 12.1 Å². The molecule has 1 aromatic heterocycles. The molecule has 3 N–H and O–H groups in total. The van der Waals surface area contributed by atoms with Crippen LogP contribution >= 0.6 is 12.4 Å². The number of hydrogen-bond donors (Lipinski definition) is 2. The molecule has 0 spiro atoms. The van der Waals surface area contributed by atoms with Crippen molar-refractivity contribution in [3.63, 3.8) is 0 Å². The van der Waals surface area contributed by atoms with Crippen LogP contribution in [0.2, 0.25) is 0 Å². The SMILES string of the molecule is Cl.Nc1ccc(C(=O)NCCOCC(F)(F)F)nc1. The van der Waals surface area contributed by atoms with Gasteiger partial charge >= 0.3 is 6.18 Å². The van der Waals surface area contributed by atoms with Crippen LogP contribution in [0.25, 0.3) is 0 Å². The van der Waals surface area contributed by atoms with Crippen LogP contribution in [0.3, 0.4) is 0 Å². The molecule has 5 nitrogen and oxygen atoms in total. The van der Waals surface area contributed by atoms with Gasteiger partial charge in [0.15, 0.2) is 0 Å². The molecule has 0 saturated heterocycles. The fourth-order valence-electron chi connectivity index (χ4n) is 1.05. The van der Waals surface area contributed by atoms with Gasteiger partial charge in [-0.3, -0.25) is 4.79 Å². The molecule has 0 aliphatic rings. The fourth-order valence-corrected chi connectivity index (χ4v) is 1.05. The van der Waals surface area contributed by atoms with Crippen LogP contribution in [0.5, 0.6) is 0 Å². The van der Waals surface area contributed by atoms with E-state index in [1.807, 2.05) is 0 Å². The second-order valence-electron chi connectivity index (χ2n) is 3.40. The molecule has 0 aliphatic heterocycles. The number of nitrogens with zero attached hydrogens (tertiary/aromatic N) is 1. The van der Waals surface area contributed by atoms with Crippen LogP contribution in [0.4, 0.5) is 18.9 Å². The standard InChI is InChI=1S/C10H12F3N3O2.ClH/c11-10(12,13)6-18-4-3-15-9(17)8-2-1-7(14)5-16-8;/h1-2,5H,3-4,6,14H2,(H,15,17);1H. The Kier molecular flexibility index (Phi) is 7.17. The second kappa shape index (κ2) is 7.80. The number of anilines is 1. The number of aromatic nitrogens is 1. The van der Waals surface area contributed by atoms with Gasteiger partial charge in [0, 0.05) is 6.54 Å². The average molecular weight is 300 g/mol. The number of carbonyl (C=O) groups is 1. The normalized spacial score (nSPS) is 10.7. The summed E-state index contributed by atoms with van der Waals surface area (Å²) in [5.41, 5.74) is 5.94. The number of rotatable bonds is 5. The first-order valence-corrected chi connectivity index (χ1v) is 5.03. The highest BCUT2D eigenvalue weighted by Crippen LogP contribution is 2.13. The van der Waals surface area contributed by atoms with Crippen LogP contribution < -0.4 is 11.1 Å². The largest absolute Gasteiger partial charge is 0.411 e. The molecule has 1 heterocycles. The molecular weight excluding hydrogens is 287 g/mol. The van der Waals surface area contributed by atoms with Crippen molar-refractivity contribution in [1.29, 1.82) is 0 Å². The van der Waals surface area contributed by atoms with Gasteiger partial charge in [-0.15, -0.1) is 12.4 Å². The Morgan fingerprint density at radius 1 is 1.42 bits per heavy atom. The number of halogens is 4. The van der Waals surface area contributed by atoms with E-state index in [2.05, 4.69) is 15.0 Å². The van der Waals surface area contributed by atoms with Crippen LogP contribution in [-0.4, -0.2) is 36.8 Å². The molecule has 1 rings (SSSR count). The quantitative estimate of drug-likeness (QED) is 0.806. The number of nitrogens with one attached hydrogen (secondary N) is 1. The number of carbonyl (C=O) groups excluding carboxylic acids is 1. The van der Waals surface area contributed by atoms with Crippen molar-refractivity contribution in [2.24, 2.45) is 0 Å². The summed E-state index contributed by atoms with van der Waals surface area (Å²) < 4.78 is 39.5. The molecule has 0 saturated carbocycles. The summed E-state index contributed by atoms with van der Waals surface area (Å²) in [6, 6.07) is 2.92. The molecule has 108 valence electrons. The van der Waals surface area contributed by atoms with Gasteiger partial charge in [-0.1, -0.05) is 0 Å². The topological polar surface area (TPSA) is 77.2 Å². The van der Waals surface area contributed by atoms with Crippen LogP contribution in [0.15, 0.2) is 18.3 Å². The Labute approximate surface area is 113 Å². The first-order valence-electron chi connectivity index (χ1n) is 5.03. The predicted molar refractivity (Wildman–Crippen MR) is 65.1 cm³/mol. The Morgan fingerprint density at radius 3 is 2.63 bits per heavy atom. The molecule has 1 aromatic rings. The van der Waals surface area contributed by atoms with Gasteiger partial charge < -0.3 is 15.8 Å². The minimum absolute atomic E-state index is 0. The number of nitrogens with two attached hydrogens (primary N) is 1. The summed E-state index contributed by atoms with van der Waals surface area (Å²) in [5.74, 6) is -0.495. The van der Waals surface area contributed by atoms with Crippen LogP contribution in [0, 0.1) is 0 Å². The van der Waals surface area contributed by atoms with Crippen molar-refractivity contribution >= 4 is 24.0 Å². The lowest BCUT2D eigenvalue weighted by atomic mass is 10.3. The van der Waals surface area contributed by atoms with E-state index >= 15 is 0 Å². The summed E-state index contributed by atoms with van der Waals surface area (Å²) in [5, 5.41) is 2.37. The lowest BCUT2D eigenvalue weighted by Gasteiger charge is -2.08. The maximum atomic E-state index is 11.7. The van der Waals surface area contributed by atoms with Crippen molar-refractivity contribution in [1.82, 2.24) is 10.3 Å². The summed E-state index contributed by atoms with van der Waals surface area (Å²) in [6.07, 6.45) is -3.04. The van der Waals surface area contributed by atoms with Crippen molar-refractivity contribution < 1.29 is 22.7 Å². The molecule has 0 radical (unpaired) electrons. The molecule has 0 bridgehead atoms. The maximum Gasteiger partial charge on any atom is 0.411 e. The van der Waals surface area contributed by atoms with Gasteiger partial charge in [0.1, 0.15) is 12.3 Å². The molecule has 0 aromatic carbocycles. The lowest BCUT2D eigenvalue weighted by molar-refractivity contribution is -0.173. The number of pyridine rings is 1. The Hall–Kier alpha value is -1.54. The van der Waals surface area contributed by atoms with Gasteiger partial charge in [-0.25, -0.2) is 4.98 Å². The Bertz CT molecular complexity index is 398. The van der Waals surface area contributed by atoms with Gasteiger partial charge in [0.05, 0.1) is 18.5 Å². The highest BCUT2D eigenvalue weighted by molar-refractivity contribution is 5.92. The Balaban J connectivity index is 0.00000324. The zero-order valence-electron chi connectivity index (χ0n) is 9.74. The first kappa shape index (κ1) is 17.5. The zero-order chi connectivity index (χ0) is 13.6. The lowest BCUT2D eigenvalue weighted by Crippen LogP contribution is -2.29. The van der Waals surface area contributed by atoms with Crippen molar-refractivity contribution in [3.8, 4) is 0 Å². The minimum atomic E-state index is -4.36.